The van der Waals surface area contributed by atoms with Gasteiger partial charge in [0.05, 0.1) is 7.11 Å². The minimum Gasteiger partial charge on any atom is -0.469 e. The van der Waals surface area contributed by atoms with Crippen molar-refractivity contribution >= 4 is 35.1 Å². The Labute approximate surface area is 210 Å². The molecule has 186 valence electrons. The second-order valence-electron chi connectivity index (χ2n) is 8.49. The number of rotatable bonds is 11. The Morgan fingerprint density at radius 2 is 1.82 bits per heavy atom. The average molecular weight is 500 g/mol. The van der Waals surface area contributed by atoms with E-state index < -0.39 is 0 Å². The van der Waals surface area contributed by atoms with Crippen LogP contribution in [0.25, 0.3) is 0 Å². The second kappa shape index (κ2) is 17.0. The molecule has 1 aromatic carbocycles. The molecule has 0 spiro atoms. The number of benzene rings is 1. The summed E-state index contributed by atoms with van der Waals surface area (Å²) in [5.74, 6) is -0.0258. The van der Waals surface area contributed by atoms with Crippen molar-refractivity contribution in [2.24, 2.45) is 0 Å². The van der Waals surface area contributed by atoms with Gasteiger partial charge < -0.3 is 9.47 Å². The quantitative estimate of drug-likeness (QED) is 0.135. The van der Waals surface area contributed by atoms with Crippen LogP contribution in [0.3, 0.4) is 0 Å². The van der Waals surface area contributed by atoms with Gasteiger partial charge in [-0.2, -0.15) is 0 Å². The first-order valence-corrected chi connectivity index (χ1v) is 12.9. The molecule has 33 heavy (non-hydrogen) atoms. The second-order valence-corrected chi connectivity index (χ2v) is 9.67. The molecular formula is C27H40Cl2O4. The third-order valence-electron chi connectivity index (χ3n) is 5.76. The molecule has 1 aliphatic carbocycles. The first-order valence-electron chi connectivity index (χ1n) is 12.0. The van der Waals surface area contributed by atoms with Crippen LogP contribution in [0.4, 0.5) is 0 Å². The van der Waals surface area contributed by atoms with Crippen molar-refractivity contribution in [2.75, 3.05) is 7.11 Å². The molecule has 4 nitrogen and oxygen atoms in total. The van der Waals surface area contributed by atoms with Gasteiger partial charge in [0.15, 0.2) is 0 Å². The van der Waals surface area contributed by atoms with Crippen LogP contribution >= 0.6 is 23.2 Å². The van der Waals surface area contributed by atoms with Crippen molar-refractivity contribution in [3.8, 4) is 0 Å². The van der Waals surface area contributed by atoms with Crippen LogP contribution in [0.5, 0.6) is 0 Å². The Morgan fingerprint density at radius 1 is 1.12 bits per heavy atom. The Morgan fingerprint density at radius 3 is 2.33 bits per heavy atom. The maximum absolute atomic E-state index is 11.4. The van der Waals surface area contributed by atoms with E-state index in [0.717, 1.165) is 56.9 Å². The molecular weight excluding hydrogens is 459 g/mol. The normalized spacial score (nSPS) is 20.7. The molecule has 6 heteroatoms. The van der Waals surface area contributed by atoms with E-state index in [9.17, 15) is 9.59 Å². The summed E-state index contributed by atoms with van der Waals surface area (Å²) < 4.78 is 9.97. The molecule has 1 saturated carbocycles. The highest BCUT2D eigenvalue weighted by Gasteiger charge is 2.32. The van der Waals surface area contributed by atoms with Crippen molar-refractivity contribution < 1.29 is 19.1 Å². The number of carbonyl (C=O) groups excluding carboxylic acids is 2. The first kappa shape index (κ1) is 29.5. The predicted octanol–water partition coefficient (Wildman–Crippen LogP) is 7.87. The van der Waals surface area contributed by atoms with Crippen LogP contribution in [-0.4, -0.2) is 29.8 Å². The molecule has 1 aliphatic rings. The smallest absolute Gasteiger partial charge is 0.305 e. The van der Waals surface area contributed by atoms with Crippen molar-refractivity contribution in [1.29, 1.82) is 0 Å². The summed E-state index contributed by atoms with van der Waals surface area (Å²) >= 11 is 12.6. The van der Waals surface area contributed by atoms with E-state index in [4.69, 9.17) is 27.9 Å². The highest BCUT2D eigenvalue weighted by atomic mass is 35.5. The van der Waals surface area contributed by atoms with Gasteiger partial charge in [-0.25, -0.2) is 0 Å². The maximum Gasteiger partial charge on any atom is 0.305 e. The molecule has 0 aliphatic heterocycles. The zero-order valence-electron chi connectivity index (χ0n) is 20.5. The van der Waals surface area contributed by atoms with E-state index in [1.54, 1.807) is 0 Å². The molecule has 1 unspecified atom stereocenters. The van der Waals surface area contributed by atoms with Crippen LogP contribution in [-0.2, 0) is 19.1 Å². The highest BCUT2D eigenvalue weighted by molar-refractivity contribution is 6.25. The van der Waals surface area contributed by atoms with Gasteiger partial charge in [0.2, 0.25) is 0 Å². The molecule has 0 heterocycles. The lowest BCUT2D eigenvalue weighted by Crippen LogP contribution is -2.10. The molecule has 0 bridgehead atoms. The molecule has 4 atom stereocenters. The summed E-state index contributed by atoms with van der Waals surface area (Å²) in [5, 5.41) is 0.280. The van der Waals surface area contributed by atoms with E-state index in [-0.39, 0.29) is 28.8 Å². The molecule has 0 aromatic heterocycles. The topological polar surface area (TPSA) is 52.6 Å². The summed E-state index contributed by atoms with van der Waals surface area (Å²) in [6, 6.07) is 8.36. The molecule has 1 fully saturated rings. The van der Waals surface area contributed by atoms with Gasteiger partial charge in [0, 0.05) is 30.0 Å². The third-order valence-corrected chi connectivity index (χ3v) is 6.60. The maximum atomic E-state index is 11.4. The van der Waals surface area contributed by atoms with E-state index >= 15 is 0 Å². The summed E-state index contributed by atoms with van der Waals surface area (Å²) in [4.78, 5) is 21.9. The lowest BCUT2D eigenvalue weighted by Gasteiger charge is -2.19. The SMILES string of the molecule is C/C=C\CCCC(=O)OC.CCCCCC(OC(C)=O)c1ccc([C@@H]2C[C@H](Cl)C[C@@H]2Cl)cc1. The fraction of sp³-hybridized carbons (Fsp3) is 0.630. The Bertz CT molecular complexity index is 717. The van der Waals surface area contributed by atoms with Gasteiger partial charge >= 0.3 is 11.9 Å². The zero-order valence-corrected chi connectivity index (χ0v) is 22.0. The predicted molar refractivity (Wildman–Crippen MR) is 137 cm³/mol. The number of ether oxygens (including phenoxy) is 2. The Hall–Kier alpha value is -1.52. The third kappa shape index (κ3) is 12.0. The number of halogens is 2. The van der Waals surface area contributed by atoms with Crippen molar-refractivity contribution in [2.45, 2.75) is 101 Å². The number of esters is 2. The van der Waals surface area contributed by atoms with E-state index in [0.29, 0.717) is 12.3 Å². The molecule has 0 N–H and O–H groups in total. The van der Waals surface area contributed by atoms with Crippen LogP contribution in [0.15, 0.2) is 36.4 Å². The van der Waals surface area contributed by atoms with Crippen molar-refractivity contribution in [3.05, 3.63) is 47.5 Å². The number of hydrogen-bond acceptors (Lipinski definition) is 4. The minimum atomic E-state index is -0.225. The first-order chi connectivity index (χ1) is 15.8. The van der Waals surface area contributed by atoms with E-state index in [1.165, 1.54) is 19.6 Å². The molecule has 0 amide bonds. The highest BCUT2D eigenvalue weighted by Crippen LogP contribution is 2.41. The van der Waals surface area contributed by atoms with Crippen LogP contribution in [0, 0.1) is 0 Å². The minimum absolute atomic E-state index is 0.108. The summed E-state index contributed by atoms with van der Waals surface area (Å²) in [6.45, 7) is 5.61. The number of hydrogen-bond donors (Lipinski definition) is 0. The fourth-order valence-electron chi connectivity index (χ4n) is 3.94. The number of methoxy groups -OCH3 is 1. The standard InChI is InChI=1S/C19H26Cl2O2.C8H14O2/c1-3-4-5-6-19(23-13(2)22)15-9-7-14(8-10-15)17-11-16(20)12-18(17)21;1-3-4-5-6-7-8(9)10-2/h7-10,16-19H,3-6,11-12H2,1-2H3;3-4H,5-7H2,1-2H3/b;4-3-/t16-,17-,18-,19?;/m0./s1. The number of alkyl halides is 2. The van der Waals surface area contributed by atoms with Gasteiger partial charge in [-0.1, -0.05) is 56.2 Å². The summed E-state index contributed by atoms with van der Waals surface area (Å²) in [7, 11) is 1.41. The molecule has 0 radical (unpaired) electrons. The van der Waals surface area contributed by atoms with E-state index in [1.807, 2.05) is 19.1 Å². The fourth-order valence-corrected chi connectivity index (χ4v) is 4.88. The van der Waals surface area contributed by atoms with E-state index in [2.05, 4.69) is 35.9 Å². The van der Waals surface area contributed by atoms with Gasteiger partial charge in [0.25, 0.3) is 0 Å². The van der Waals surface area contributed by atoms with Crippen molar-refractivity contribution in [1.82, 2.24) is 0 Å². The van der Waals surface area contributed by atoms with Crippen LogP contribution < -0.4 is 0 Å². The Kier molecular flexibility index (Phi) is 15.2. The number of allylic oxidation sites excluding steroid dienone is 2. The summed E-state index contributed by atoms with van der Waals surface area (Å²) in [5.41, 5.74) is 2.29. The number of carbonyl (C=O) groups is 2. The lowest BCUT2D eigenvalue weighted by atomic mass is 9.94. The molecule has 2 rings (SSSR count). The van der Waals surface area contributed by atoms with Gasteiger partial charge in [-0.3, -0.25) is 9.59 Å². The monoisotopic (exact) mass is 498 g/mol. The number of unbranched alkanes of at least 4 members (excludes halogenated alkanes) is 3. The van der Waals surface area contributed by atoms with Crippen molar-refractivity contribution in [3.63, 3.8) is 0 Å². The Balaban J connectivity index is 0.000000461. The van der Waals surface area contributed by atoms with Crippen LogP contribution in [0.2, 0.25) is 0 Å². The van der Waals surface area contributed by atoms with Gasteiger partial charge in [-0.15, -0.1) is 23.2 Å². The van der Waals surface area contributed by atoms with Gasteiger partial charge in [-0.05, 0) is 56.6 Å². The average Bonchev–Trinajstić information content (AvgIpc) is 3.14. The molecule has 0 saturated heterocycles. The van der Waals surface area contributed by atoms with Gasteiger partial charge in [0.1, 0.15) is 6.10 Å². The molecule has 1 aromatic rings. The largest absolute Gasteiger partial charge is 0.469 e. The van der Waals surface area contributed by atoms with Crippen LogP contribution in [0.1, 0.15) is 102 Å². The summed E-state index contributed by atoms with van der Waals surface area (Å²) in [6.07, 6.45) is 12.3. The lowest BCUT2D eigenvalue weighted by molar-refractivity contribution is -0.147. The zero-order chi connectivity index (χ0) is 24.6.